The number of fused-ring (bicyclic) bond motifs is 6. The molecule has 14 rings (SSSR count). The average Bonchev–Trinajstić information content (AvgIpc) is 2.57. The minimum absolute atomic E-state index is 0.0463. The van der Waals surface area contributed by atoms with Gasteiger partial charge in [0.15, 0.2) is 11.5 Å². The second-order valence-corrected chi connectivity index (χ2v) is 22.3. The summed E-state index contributed by atoms with van der Waals surface area (Å²) in [6, 6.07) is 22.0. The van der Waals surface area contributed by atoms with Crippen LogP contribution in [-0.2, 0) is 65.0 Å². The number of carbonyl (C=O) groups excluding carboxylic acids is 2. The summed E-state index contributed by atoms with van der Waals surface area (Å²) in [7, 11) is 6.63. The van der Waals surface area contributed by atoms with Gasteiger partial charge in [-0.25, -0.2) is 4.98 Å². The van der Waals surface area contributed by atoms with Gasteiger partial charge in [-0.05, 0) is 118 Å². The molecule has 26 heteroatoms. The van der Waals surface area contributed by atoms with Crippen molar-refractivity contribution in [3.8, 4) is 11.5 Å². The number of halogens is 3. The minimum Gasteiger partial charge on any atom is -0.493 e. The quantitative estimate of drug-likeness (QED) is 0.0594. The molecule has 6 N–H and O–H groups in total. The van der Waals surface area contributed by atoms with Crippen LogP contribution in [0.3, 0.4) is 0 Å². The van der Waals surface area contributed by atoms with Crippen molar-refractivity contribution in [2.24, 2.45) is 0 Å². The van der Waals surface area contributed by atoms with Crippen LogP contribution in [0, 0.1) is 10.1 Å². The van der Waals surface area contributed by atoms with Gasteiger partial charge in [0.25, 0.3) is 11.8 Å². The fourth-order valence-electron chi connectivity index (χ4n) is 11.0. The molecule has 6 aliphatic rings. The number of ether oxygens (including phenoxy) is 2. The standard InChI is InChI=1S/C23H24ClN5O2.C15H13Cl2N3O2.C7H7N3O2.2C7H11N3/c1-28-13-20-21(23(28)30)19(26-18-8-5-7-17(24)22(18)31-2)12-14(25-20)10-15-11-16-6-3-4-9-29(16)27-15;1-20-7-11-13(15(20)21)10(6-12(17)19-11)18-9-5-3-4-8(16)14(9)22-2;11-10(12)7-5-6-3-1-2-4-9(6)8-7;2*8-7-5-6-3-1-2-4-10(6)9-7/h5,7-8,11-12H,3-4,6,9-10,13H2,1-2H3,(H,25,26);3-6H,7H2,1-2H3,(H,18,19);1,3,5H,2,4H2;2*5H,1-4H2,(H2,8,9). The van der Waals surface area contributed by atoms with Crippen LogP contribution in [0.5, 0.6) is 11.5 Å². The predicted molar refractivity (Wildman–Crippen MR) is 327 cm³/mol. The number of amides is 2. The number of para-hydroxylation sites is 2. The number of methoxy groups -OCH3 is 2. The van der Waals surface area contributed by atoms with Crippen LogP contribution in [0.1, 0.15) is 111 Å². The number of anilines is 6. The fourth-order valence-corrected chi connectivity index (χ4v) is 11.7. The van der Waals surface area contributed by atoms with Crippen LogP contribution in [0.2, 0.25) is 15.2 Å². The van der Waals surface area contributed by atoms with E-state index in [1.807, 2.05) is 57.9 Å². The Labute approximate surface area is 506 Å². The predicted octanol–water partition coefficient (Wildman–Crippen LogP) is 10.7. The van der Waals surface area contributed by atoms with Gasteiger partial charge in [-0.2, -0.15) is 20.0 Å². The number of benzene rings is 2. The normalized spacial score (nSPS) is 14.9. The zero-order chi connectivity index (χ0) is 59.9. The SMILES string of the molecule is COc1c(Cl)cccc1Nc1cc(Cc2cc3n(n2)CCCC3)nc2c1C(=O)N(C)C2.COc1c(Cl)cccc1Nc1cc(Cl)nc2c1C(=O)N(C)C2.Nc1cc2n(n1)CCCC2.Nc1cc2n(n1)CCCC2.O=[N+]([O-])c1cc2n(n1)CCC=C2. The lowest BCUT2D eigenvalue weighted by atomic mass is 10.1. The summed E-state index contributed by atoms with van der Waals surface area (Å²) in [5.74, 6) is 2.16. The van der Waals surface area contributed by atoms with E-state index in [-0.39, 0.29) is 17.6 Å². The van der Waals surface area contributed by atoms with Crippen LogP contribution in [-0.4, -0.2) is 104 Å². The third-order valence-corrected chi connectivity index (χ3v) is 15.8. The van der Waals surface area contributed by atoms with Crippen molar-refractivity contribution in [1.82, 2.24) is 58.9 Å². The minimum atomic E-state index is -0.473. The topological polar surface area (TPSA) is 275 Å². The first-order valence-corrected chi connectivity index (χ1v) is 29.2. The van der Waals surface area contributed by atoms with Crippen LogP contribution in [0.4, 0.5) is 40.2 Å². The first kappa shape index (κ1) is 59.5. The molecule has 23 nitrogen and oxygen atoms in total. The maximum atomic E-state index is 12.8. The number of carbonyl (C=O) groups is 2. The van der Waals surface area contributed by atoms with E-state index in [4.69, 9.17) is 65.8 Å². The van der Waals surface area contributed by atoms with Gasteiger partial charge in [-0.15, -0.1) is 0 Å². The van der Waals surface area contributed by atoms with Gasteiger partial charge >= 0.3 is 5.82 Å². The highest BCUT2D eigenvalue weighted by Crippen LogP contribution is 2.40. The molecule has 0 saturated heterocycles. The lowest BCUT2D eigenvalue weighted by Crippen LogP contribution is -2.18. The van der Waals surface area contributed by atoms with Gasteiger partial charge in [0, 0.05) is 75.1 Å². The van der Waals surface area contributed by atoms with E-state index >= 15 is 0 Å². The molecule has 6 aliphatic heterocycles. The molecule has 0 radical (unpaired) electrons. The zero-order valence-corrected chi connectivity index (χ0v) is 49.9. The Morgan fingerprint density at radius 3 is 1.60 bits per heavy atom. The van der Waals surface area contributed by atoms with E-state index < -0.39 is 4.92 Å². The molecule has 0 bridgehead atoms. The average molecular weight is 1220 g/mol. The molecule has 0 unspecified atom stereocenters. The van der Waals surface area contributed by atoms with Crippen molar-refractivity contribution >= 4 is 92.9 Å². The summed E-state index contributed by atoms with van der Waals surface area (Å²) < 4.78 is 18.6. The smallest absolute Gasteiger partial charge is 0.390 e. The van der Waals surface area contributed by atoms with Crippen LogP contribution in [0.15, 0.2) is 78.9 Å². The summed E-state index contributed by atoms with van der Waals surface area (Å²) in [5.41, 5.74) is 22.8. The fraction of sp³-hybridized carbons (Fsp3) is 0.356. The number of nitrogens with one attached hydrogen (secondary N) is 2. The maximum absolute atomic E-state index is 12.8. The Bertz CT molecular complexity index is 3690. The van der Waals surface area contributed by atoms with Crippen LogP contribution in [0.25, 0.3) is 6.08 Å². The lowest BCUT2D eigenvalue weighted by molar-refractivity contribution is -0.389. The van der Waals surface area contributed by atoms with Crippen molar-refractivity contribution in [1.29, 1.82) is 0 Å². The summed E-state index contributed by atoms with van der Waals surface area (Å²) in [4.78, 5) is 47.2. The Morgan fingerprint density at radius 2 is 1.11 bits per heavy atom. The van der Waals surface area contributed by atoms with Crippen LogP contribution >= 0.6 is 34.8 Å². The molecule has 8 aromatic rings. The Kier molecular flexibility index (Phi) is 18.5. The highest BCUT2D eigenvalue weighted by atomic mass is 35.5. The van der Waals surface area contributed by atoms with Crippen LogP contribution < -0.4 is 31.6 Å². The second kappa shape index (κ2) is 26.5. The molecule has 444 valence electrons. The summed E-state index contributed by atoms with van der Waals surface area (Å²) in [5, 5.41) is 35.0. The lowest BCUT2D eigenvalue weighted by Gasteiger charge is -2.15. The number of nitrogens with zero attached hydrogens (tertiary/aromatic N) is 13. The molecule has 0 atom stereocenters. The number of pyridine rings is 2. The number of aryl methyl sites for hydroxylation is 7. The second-order valence-electron chi connectivity index (χ2n) is 21.1. The van der Waals surface area contributed by atoms with Crippen molar-refractivity contribution in [3.63, 3.8) is 0 Å². The van der Waals surface area contributed by atoms with Gasteiger partial charge < -0.3 is 51.5 Å². The summed E-state index contributed by atoms with van der Waals surface area (Å²) in [6.45, 7) is 4.74. The molecular formula is C59H66Cl3N17O6. The number of aromatic nitrogens is 10. The van der Waals surface area contributed by atoms with Crippen molar-refractivity contribution < 1.29 is 24.0 Å². The molecule has 2 amide bonds. The Balaban J connectivity index is 0.000000128. The molecular weight excluding hydrogens is 1150 g/mol. The van der Waals surface area contributed by atoms with E-state index in [1.54, 1.807) is 60.0 Å². The van der Waals surface area contributed by atoms with Crippen molar-refractivity contribution in [3.05, 3.63) is 161 Å². The molecule has 2 aromatic carbocycles. The number of nitro groups is 1. The van der Waals surface area contributed by atoms with Gasteiger partial charge in [-0.1, -0.05) is 53.0 Å². The number of nitrogen functional groups attached to an aromatic ring is 2. The number of hydrogen-bond donors (Lipinski definition) is 4. The molecule has 6 aromatic heterocycles. The highest BCUT2D eigenvalue weighted by Gasteiger charge is 2.32. The first-order chi connectivity index (χ1) is 41.0. The molecule has 0 spiro atoms. The van der Waals surface area contributed by atoms with E-state index in [0.29, 0.717) is 97.4 Å². The molecule has 0 aliphatic carbocycles. The molecule has 85 heavy (non-hydrogen) atoms. The van der Waals surface area contributed by atoms with Crippen molar-refractivity contribution in [2.75, 3.05) is 50.4 Å². The summed E-state index contributed by atoms with van der Waals surface area (Å²) in [6.07, 6.45) is 16.2. The van der Waals surface area contributed by atoms with Crippen molar-refractivity contribution in [2.45, 2.75) is 110 Å². The van der Waals surface area contributed by atoms with E-state index in [9.17, 15) is 19.7 Å². The number of hydrogen-bond acceptors (Lipinski definition) is 16. The zero-order valence-electron chi connectivity index (χ0n) is 47.7. The molecule has 0 saturated carbocycles. The summed E-state index contributed by atoms with van der Waals surface area (Å²) >= 11 is 18.5. The van der Waals surface area contributed by atoms with Gasteiger partial charge in [0.2, 0.25) is 0 Å². The highest BCUT2D eigenvalue weighted by molar-refractivity contribution is 6.33. The van der Waals surface area contributed by atoms with Gasteiger partial charge in [-0.3, -0.25) is 28.6 Å². The van der Waals surface area contributed by atoms with E-state index in [0.717, 1.165) is 74.6 Å². The van der Waals surface area contributed by atoms with E-state index in [1.165, 1.54) is 68.8 Å². The molecule has 0 fully saturated rings. The number of allylic oxidation sites excluding steroid dienone is 1. The Hall–Kier alpha value is -8.67. The largest absolute Gasteiger partial charge is 0.493 e. The Morgan fingerprint density at radius 1 is 0.600 bits per heavy atom. The number of nitrogens with two attached hydrogens (primary N) is 2. The third kappa shape index (κ3) is 13.8. The van der Waals surface area contributed by atoms with Gasteiger partial charge in [0.1, 0.15) is 16.8 Å². The molecule has 12 heterocycles. The third-order valence-electron chi connectivity index (χ3n) is 15.0. The maximum Gasteiger partial charge on any atom is 0.390 e. The number of rotatable bonds is 9. The monoisotopic (exact) mass is 1210 g/mol. The van der Waals surface area contributed by atoms with Gasteiger partial charge in [0.05, 0.1) is 112 Å². The van der Waals surface area contributed by atoms with E-state index in [2.05, 4.69) is 41.7 Å². The first-order valence-electron chi connectivity index (χ1n) is 28.0.